The lowest BCUT2D eigenvalue weighted by Gasteiger charge is -2.36. The lowest BCUT2D eigenvalue weighted by atomic mass is 9.99. The van der Waals surface area contributed by atoms with E-state index in [1.54, 1.807) is 24.7 Å². The largest absolute Gasteiger partial charge is 0.493 e. The molecule has 5 aromatic rings. The van der Waals surface area contributed by atoms with E-state index >= 15 is 4.39 Å². The van der Waals surface area contributed by atoms with Crippen LogP contribution in [0.4, 0.5) is 16.0 Å². The number of fused-ring (bicyclic) bond motifs is 3. The molecule has 214 valence electrons. The molecule has 13 heteroatoms. The topological polar surface area (TPSA) is 128 Å². The highest BCUT2D eigenvalue weighted by Crippen LogP contribution is 2.27. The van der Waals surface area contributed by atoms with Gasteiger partial charge in [0.1, 0.15) is 11.6 Å². The molecule has 1 aromatic carbocycles. The first-order valence-corrected chi connectivity index (χ1v) is 14.1. The van der Waals surface area contributed by atoms with Crippen molar-refractivity contribution in [3.63, 3.8) is 0 Å². The molecule has 41 heavy (non-hydrogen) atoms. The van der Waals surface area contributed by atoms with Crippen molar-refractivity contribution >= 4 is 28.4 Å². The Balaban J connectivity index is 0.962. The number of nitrogens with zero attached hydrogens (tertiary/aromatic N) is 8. The molecule has 2 aliphatic heterocycles. The number of aromatic nitrogens is 6. The average Bonchev–Trinajstić information content (AvgIpc) is 3.76. The van der Waals surface area contributed by atoms with Gasteiger partial charge in [-0.15, -0.1) is 5.10 Å². The highest BCUT2D eigenvalue weighted by molar-refractivity contribution is 5.87. The first-order valence-electron chi connectivity index (χ1n) is 14.1. The zero-order valence-electron chi connectivity index (χ0n) is 22.7. The van der Waals surface area contributed by atoms with Gasteiger partial charge in [-0.3, -0.25) is 4.90 Å². The van der Waals surface area contributed by atoms with Gasteiger partial charge in [-0.1, -0.05) is 0 Å². The molecular formula is C28H33FN10O2. The van der Waals surface area contributed by atoms with E-state index in [1.807, 2.05) is 16.7 Å². The second kappa shape index (κ2) is 11.0. The van der Waals surface area contributed by atoms with Gasteiger partial charge in [-0.2, -0.15) is 9.50 Å². The van der Waals surface area contributed by atoms with Crippen molar-refractivity contribution < 1.29 is 13.5 Å². The van der Waals surface area contributed by atoms with Crippen LogP contribution < -0.4 is 20.7 Å². The molecule has 6 heterocycles. The summed E-state index contributed by atoms with van der Waals surface area (Å²) in [7, 11) is 0. The van der Waals surface area contributed by atoms with Crippen LogP contribution in [-0.2, 0) is 6.54 Å². The van der Waals surface area contributed by atoms with Crippen molar-refractivity contribution in [2.45, 2.75) is 19.4 Å². The normalized spacial score (nSPS) is 17.1. The first-order chi connectivity index (χ1) is 20.1. The monoisotopic (exact) mass is 560 g/mol. The second-order valence-corrected chi connectivity index (χ2v) is 10.7. The molecule has 7 rings (SSSR count). The minimum absolute atomic E-state index is 0.232. The van der Waals surface area contributed by atoms with Crippen molar-refractivity contribution in [3.05, 3.63) is 48.7 Å². The highest BCUT2D eigenvalue weighted by atomic mass is 19.1. The van der Waals surface area contributed by atoms with Crippen molar-refractivity contribution in [1.29, 1.82) is 0 Å². The van der Waals surface area contributed by atoms with Gasteiger partial charge < -0.3 is 29.7 Å². The second-order valence-electron chi connectivity index (χ2n) is 10.7. The molecule has 0 unspecified atom stereocenters. The van der Waals surface area contributed by atoms with Crippen molar-refractivity contribution in [1.82, 2.24) is 39.3 Å². The number of piperazine rings is 1. The van der Waals surface area contributed by atoms with Crippen LogP contribution in [-0.4, -0.2) is 86.5 Å². The Labute approximate surface area is 235 Å². The van der Waals surface area contributed by atoms with E-state index in [4.69, 9.17) is 14.9 Å². The quantitative estimate of drug-likeness (QED) is 0.292. The molecule has 0 atom stereocenters. The summed E-state index contributed by atoms with van der Waals surface area (Å²) in [5, 5.41) is 7.79. The standard InChI is InChI=1S/C28H33FN10O2/c29-21-16-20(41-17-19-5-7-31-8-6-19)3-4-22(21)37-12-9-36(10-13-37)11-14-38-18-32-24-26(38)34-28(30)39-27(24)33-25(35-39)23-2-1-15-40-23/h1-4,15-16,18-19,31H,5-14,17H2,(H2,30,34). The van der Waals surface area contributed by atoms with Gasteiger partial charge in [-0.25, -0.2) is 14.4 Å². The summed E-state index contributed by atoms with van der Waals surface area (Å²) in [6.07, 6.45) is 5.54. The molecule has 4 aromatic heterocycles. The lowest BCUT2D eigenvalue weighted by molar-refractivity contribution is 0.214. The Morgan fingerprint density at radius 3 is 2.68 bits per heavy atom. The Morgan fingerprint density at radius 2 is 1.90 bits per heavy atom. The predicted octanol–water partition coefficient (Wildman–Crippen LogP) is 2.66. The fourth-order valence-corrected chi connectivity index (χ4v) is 5.66. The molecule has 3 N–H and O–H groups in total. The predicted molar refractivity (Wildman–Crippen MR) is 152 cm³/mol. The molecule has 0 aliphatic carbocycles. The zero-order chi connectivity index (χ0) is 27.8. The fraction of sp³-hybridized carbons (Fsp3) is 0.429. The third kappa shape index (κ3) is 5.18. The molecule has 12 nitrogen and oxygen atoms in total. The number of nitrogens with one attached hydrogen (secondary N) is 1. The summed E-state index contributed by atoms with van der Waals surface area (Å²) in [6, 6.07) is 8.84. The Kier molecular flexibility index (Phi) is 6.88. The summed E-state index contributed by atoms with van der Waals surface area (Å²) in [6.45, 7) is 7.35. The number of furan rings is 1. The Morgan fingerprint density at radius 1 is 1.05 bits per heavy atom. The first kappa shape index (κ1) is 25.7. The van der Waals surface area contributed by atoms with E-state index in [1.165, 1.54) is 10.6 Å². The maximum absolute atomic E-state index is 15.0. The van der Waals surface area contributed by atoms with Crippen LogP contribution in [0.3, 0.4) is 0 Å². The SMILES string of the molecule is Nc1nc2c(ncn2CCN2CCN(c3ccc(OCC4CCNCC4)cc3F)CC2)c2nc(-c3ccco3)nn12. The molecule has 0 spiro atoms. The number of imidazole rings is 1. The maximum atomic E-state index is 15.0. The third-order valence-electron chi connectivity index (χ3n) is 8.04. The van der Waals surface area contributed by atoms with Crippen LogP contribution in [0.2, 0.25) is 0 Å². The number of halogens is 1. The van der Waals surface area contributed by atoms with Gasteiger partial charge in [0.05, 0.1) is 24.9 Å². The van der Waals surface area contributed by atoms with Crippen LogP contribution in [0.5, 0.6) is 5.75 Å². The smallest absolute Gasteiger partial charge is 0.225 e. The fourth-order valence-electron chi connectivity index (χ4n) is 5.66. The Bertz CT molecular complexity index is 1630. The van der Waals surface area contributed by atoms with E-state index in [0.29, 0.717) is 58.9 Å². The minimum Gasteiger partial charge on any atom is -0.493 e. The van der Waals surface area contributed by atoms with Crippen molar-refractivity contribution in [2.75, 3.05) is 63.1 Å². The Hall–Kier alpha value is -4.23. The summed E-state index contributed by atoms with van der Waals surface area (Å²) < 4.78 is 29.8. The van der Waals surface area contributed by atoms with Crippen LogP contribution in [0, 0.1) is 11.7 Å². The number of benzene rings is 1. The van der Waals surface area contributed by atoms with Gasteiger partial charge >= 0.3 is 0 Å². The van der Waals surface area contributed by atoms with Crippen LogP contribution in [0.25, 0.3) is 28.4 Å². The van der Waals surface area contributed by atoms with Crippen LogP contribution >= 0.6 is 0 Å². The van der Waals surface area contributed by atoms with E-state index in [-0.39, 0.29) is 11.8 Å². The number of anilines is 2. The van der Waals surface area contributed by atoms with E-state index < -0.39 is 0 Å². The van der Waals surface area contributed by atoms with E-state index in [2.05, 4.69) is 35.2 Å². The van der Waals surface area contributed by atoms with Gasteiger partial charge in [0.2, 0.25) is 11.8 Å². The van der Waals surface area contributed by atoms with Crippen molar-refractivity contribution in [2.24, 2.45) is 5.92 Å². The molecular weight excluding hydrogens is 527 g/mol. The van der Waals surface area contributed by atoms with Gasteiger partial charge in [0.15, 0.2) is 22.6 Å². The molecule has 0 radical (unpaired) electrons. The van der Waals surface area contributed by atoms with Gasteiger partial charge in [0, 0.05) is 45.3 Å². The molecule has 0 bridgehead atoms. The minimum atomic E-state index is -0.232. The van der Waals surface area contributed by atoms with E-state index in [9.17, 15) is 0 Å². The molecule has 0 amide bonds. The molecule has 2 saturated heterocycles. The number of nitrogens with two attached hydrogens (primary N) is 1. The highest BCUT2D eigenvalue weighted by Gasteiger charge is 2.22. The number of rotatable bonds is 8. The number of ether oxygens (including phenoxy) is 1. The maximum Gasteiger partial charge on any atom is 0.225 e. The summed E-state index contributed by atoms with van der Waals surface area (Å²) in [5.74, 6) is 2.12. The van der Waals surface area contributed by atoms with Crippen molar-refractivity contribution in [3.8, 4) is 17.3 Å². The molecule has 2 fully saturated rings. The summed E-state index contributed by atoms with van der Waals surface area (Å²) in [5.41, 5.74) is 8.68. The molecule has 0 saturated carbocycles. The van der Waals surface area contributed by atoms with Crippen LogP contribution in [0.1, 0.15) is 12.8 Å². The number of hydrogen-bond acceptors (Lipinski definition) is 10. The number of nitrogen functional groups attached to an aromatic ring is 1. The summed E-state index contributed by atoms with van der Waals surface area (Å²) in [4.78, 5) is 18.2. The summed E-state index contributed by atoms with van der Waals surface area (Å²) >= 11 is 0. The number of piperidine rings is 1. The van der Waals surface area contributed by atoms with Crippen LogP contribution in [0.15, 0.2) is 47.3 Å². The average molecular weight is 561 g/mol. The molecule has 2 aliphatic rings. The lowest BCUT2D eigenvalue weighted by Crippen LogP contribution is -2.47. The van der Waals surface area contributed by atoms with Gasteiger partial charge in [0.25, 0.3) is 0 Å². The van der Waals surface area contributed by atoms with Gasteiger partial charge in [-0.05, 0) is 56.1 Å². The number of hydrogen-bond donors (Lipinski definition) is 2. The zero-order valence-corrected chi connectivity index (χ0v) is 22.7. The third-order valence-corrected chi connectivity index (χ3v) is 8.04. The van der Waals surface area contributed by atoms with E-state index in [0.717, 1.165) is 58.7 Å².